The van der Waals surface area contributed by atoms with E-state index in [1.165, 1.54) is 24.3 Å². The number of carbonyl (C=O) groups excluding carboxylic acids is 1. The largest absolute Gasteiger partial charge is 0.454 e. The van der Waals surface area contributed by atoms with Crippen molar-refractivity contribution in [3.8, 4) is 11.5 Å². The molecule has 10 heteroatoms. The van der Waals surface area contributed by atoms with Gasteiger partial charge in [-0.15, -0.1) is 0 Å². The Balaban J connectivity index is 1.30. The van der Waals surface area contributed by atoms with Crippen LogP contribution in [0.3, 0.4) is 0 Å². The molecule has 0 unspecified atom stereocenters. The molecule has 4 rings (SSSR count). The minimum Gasteiger partial charge on any atom is -0.454 e. The highest BCUT2D eigenvalue weighted by molar-refractivity contribution is 7.89. The zero-order valence-electron chi connectivity index (χ0n) is 17.1. The first-order chi connectivity index (χ1) is 14.8. The van der Waals surface area contributed by atoms with Crippen LogP contribution in [0.4, 0.5) is 0 Å². The Kier molecular flexibility index (Phi) is 6.38. The number of benzene rings is 2. The van der Waals surface area contributed by atoms with Crippen molar-refractivity contribution in [2.24, 2.45) is 0 Å². The van der Waals surface area contributed by atoms with Gasteiger partial charge >= 0.3 is 0 Å². The number of nitrogens with zero attached hydrogens (tertiary/aromatic N) is 2. The molecule has 166 valence electrons. The molecular weight excluding hydrogens is 442 g/mol. The summed E-state index contributed by atoms with van der Waals surface area (Å²) in [7, 11) is -3.81. The molecule has 0 bridgehead atoms. The topological polar surface area (TPSA) is 88.2 Å². The molecular formula is C21H24ClN3O5S. The van der Waals surface area contributed by atoms with E-state index in [0.717, 1.165) is 23.6 Å². The van der Waals surface area contributed by atoms with Crippen LogP contribution in [-0.2, 0) is 21.4 Å². The van der Waals surface area contributed by atoms with Crippen LogP contribution in [-0.4, -0.2) is 63.1 Å². The van der Waals surface area contributed by atoms with Gasteiger partial charge in [0.1, 0.15) is 0 Å². The van der Waals surface area contributed by atoms with E-state index < -0.39 is 16.1 Å². The second-order valence-corrected chi connectivity index (χ2v) is 9.74. The molecule has 31 heavy (non-hydrogen) atoms. The molecule has 0 aromatic heterocycles. The number of amides is 1. The fraction of sp³-hybridized carbons (Fsp3) is 0.381. The van der Waals surface area contributed by atoms with Crippen LogP contribution < -0.4 is 14.2 Å². The number of nitrogens with one attached hydrogen (secondary N) is 1. The van der Waals surface area contributed by atoms with E-state index in [2.05, 4.69) is 9.62 Å². The van der Waals surface area contributed by atoms with Crippen molar-refractivity contribution in [2.75, 3.05) is 33.0 Å². The summed E-state index contributed by atoms with van der Waals surface area (Å²) in [6, 6.07) is 10.9. The van der Waals surface area contributed by atoms with Gasteiger partial charge in [-0.05, 0) is 48.9 Å². The van der Waals surface area contributed by atoms with Gasteiger partial charge in [-0.25, -0.2) is 8.42 Å². The van der Waals surface area contributed by atoms with Crippen LogP contribution >= 0.6 is 11.6 Å². The van der Waals surface area contributed by atoms with Gasteiger partial charge < -0.3 is 14.4 Å². The molecule has 1 saturated heterocycles. The Morgan fingerprint density at radius 2 is 1.74 bits per heavy atom. The fourth-order valence-corrected chi connectivity index (χ4v) is 4.99. The molecule has 2 aromatic rings. The van der Waals surface area contributed by atoms with Crippen LogP contribution in [0.25, 0.3) is 0 Å². The number of carbonyl (C=O) groups is 1. The molecule has 1 amide bonds. The summed E-state index contributed by atoms with van der Waals surface area (Å²) >= 11 is 5.82. The maximum Gasteiger partial charge on any atom is 0.241 e. The van der Waals surface area contributed by atoms with Gasteiger partial charge in [0, 0.05) is 37.7 Å². The van der Waals surface area contributed by atoms with Crippen LogP contribution in [0, 0.1) is 0 Å². The molecule has 2 aliphatic rings. The number of sulfonamides is 1. The monoisotopic (exact) mass is 465 g/mol. The highest BCUT2D eigenvalue weighted by Gasteiger charge is 2.28. The molecule has 2 aromatic carbocycles. The molecule has 8 nitrogen and oxygen atoms in total. The fourth-order valence-electron chi connectivity index (χ4n) is 3.66. The lowest BCUT2D eigenvalue weighted by Gasteiger charge is -2.36. The first kappa shape index (κ1) is 21.9. The standard InChI is InChI=1S/C21H24ClN3O5S/c1-15(23-31(27,28)18-5-3-17(22)4-6-18)21(26)25-10-8-24(9-11-25)13-16-2-7-19-20(12-16)30-14-29-19/h2-7,12,15,23H,8-11,13-14H2,1H3/t15-/m0/s1. The Hall–Kier alpha value is -2.33. The van der Waals surface area contributed by atoms with Gasteiger partial charge in [0.25, 0.3) is 0 Å². The highest BCUT2D eigenvalue weighted by Crippen LogP contribution is 2.32. The van der Waals surface area contributed by atoms with Gasteiger partial charge in [-0.1, -0.05) is 17.7 Å². The van der Waals surface area contributed by atoms with E-state index in [0.29, 0.717) is 31.2 Å². The van der Waals surface area contributed by atoms with Crippen molar-refractivity contribution < 1.29 is 22.7 Å². The van der Waals surface area contributed by atoms with Crippen molar-refractivity contribution in [3.05, 3.63) is 53.1 Å². The minimum atomic E-state index is -3.81. The maximum atomic E-state index is 12.8. The third-order valence-corrected chi connectivity index (χ3v) is 7.16. The smallest absolute Gasteiger partial charge is 0.241 e. The predicted octanol–water partition coefficient (Wildman–Crippen LogP) is 2.08. The maximum absolute atomic E-state index is 12.8. The average Bonchev–Trinajstić information content (AvgIpc) is 3.22. The first-order valence-corrected chi connectivity index (χ1v) is 11.9. The number of hydrogen-bond donors (Lipinski definition) is 1. The molecule has 1 fully saturated rings. The molecule has 0 saturated carbocycles. The van der Waals surface area contributed by atoms with Crippen LogP contribution in [0.1, 0.15) is 12.5 Å². The highest BCUT2D eigenvalue weighted by atomic mass is 35.5. The number of rotatable bonds is 6. The Labute approximate surface area is 186 Å². The zero-order valence-corrected chi connectivity index (χ0v) is 18.7. The molecule has 2 heterocycles. The summed E-state index contributed by atoms with van der Waals surface area (Å²) in [5.41, 5.74) is 1.12. The van der Waals surface area contributed by atoms with E-state index in [-0.39, 0.29) is 17.6 Å². The SMILES string of the molecule is C[C@H](NS(=O)(=O)c1ccc(Cl)cc1)C(=O)N1CCN(Cc2ccc3c(c2)OCO3)CC1. The van der Waals surface area contributed by atoms with Crippen LogP contribution in [0.2, 0.25) is 5.02 Å². The Morgan fingerprint density at radius 3 is 2.45 bits per heavy atom. The summed E-state index contributed by atoms with van der Waals surface area (Å²) < 4.78 is 38.3. The van der Waals surface area contributed by atoms with Crippen molar-refractivity contribution in [1.29, 1.82) is 0 Å². The number of piperazine rings is 1. The third-order valence-electron chi connectivity index (χ3n) is 5.35. The quantitative estimate of drug-likeness (QED) is 0.702. The molecule has 1 atom stereocenters. The second-order valence-electron chi connectivity index (χ2n) is 7.59. The van der Waals surface area contributed by atoms with E-state index in [4.69, 9.17) is 21.1 Å². The average molecular weight is 466 g/mol. The van der Waals surface area contributed by atoms with Crippen molar-refractivity contribution in [3.63, 3.8) is 0 Å². The molecule has 2 aliphatic heterocycles. The number of ether oxygens (including phenoxy) is 2. The van der Waals surface area contributed by atoms with Gasteiger partial charge in [-0.2, -0.15) is 4.72 Å². The van der Waals surface area contributed by atoms with Gasteiger partial charge in [-0.3, -0.25) is 9.69 Å². The predicted molar refractivity (Wildman–Crippen MR) is 116 cm³/mol. The lowest BCUT2D eigenvalue weighted by atomic mass is 10.1. The summed E-state index contributed by atoms with van der Waals surface area (Å²) in [5.74, 6) is 1.28. The number of halogens is 1. The van der Waals surface area contributed by atoms with E-state index >= 15 is 0 Å². The summed E-state index contributed by atoms with van der Waals surface area (Å²) in [5, 5.41) is 0.446. The summed E-state index contributed by atoms with van der Waals surface area (Å²) in [6.07, 6.45) is 0. The second kappa shape index (κ2) is 9.04. The molecule has 0 aliphatic carbocycles. The summed E-state index contributed by atoms with van der Waals surface area (Å²) in [4.78, 5) is 16.8. The van der Waals surface area contributed by atoms with Crippen molar-refractivity contribution in [1.82, 2.24) is 14.5 Å². The van der Waals surface area contributed by atoms with Crippen LogP contribution in [0.15, 0.2) is 47.4 Å². The van der Waals surface area contributed by atoms with E-state index in [1.54, 1.807) is 11.8 Å². The number of hydrogen-bond acceptors (Lipinski definition) is 6. The Morgan fingerprint density at radius 1 is 1.06 bits per heavy atom. The lowest BCUT2D eigenvalue weighted by Crippen LogP contribution is -2.53. The Bertz CT molecular complexity index is 1050. The van der Waals surface area contributed by atoms with Crippen LogP contribution in [0.5, 0.6) is 11.5 Å². The zero-order chi connectivity index (χ0) is 22.0. The van der Waals surface area contributed by atoms with E-state index in [9.17, 15) is 13.2 Å². The first-order valence-electron chi connectivity index (χ1n) is 9.99. The normalized spacial score (nSPS) is 17.5. The van der Waals surface area contributed by atoms with E-state index in [1.807, 2.05) is 18.2 Å². The molecule has 0 spiro atoms. The third kappa shape index (κ3) is 5.12. The summed E-state index contributed by atoms with van der Waals surface area (Å²) in [6.45, 7) is 5.05. The molecule has 0 radical (unpaired) electrons. The van der Waals surface area contributed by atoms with Crippen molar-refractivity contribution in [2.45, 2.75) is 24.4 Å². The van der Waals surface area contributed by atoms with Gasteiger partial charge in [0.15, 0.2) is 11.5 Å². The van der Waals surface area contributed by atoms with Gasteiger partial charge in [0.2, 0.25) is 22.7 Å². The lowest BCUT2D eigenvalue weighted by molar-refractivity contribution is -0.134. The number of fused-ring (bicyclic) bond motifs is 1. The van der Waals surface area contributed by atoms with Crippen molar-refractivity contribution >= 4 is 27.5 Å². The minimum absolute atomic E-state index is 0.0742. The molecule has 1 N–H and O–H groups in total. The van der Waals surface area contributed by atoms with Gasteiger partial charge in [0.05, 0.1) is 10.9 Å².